The minimum absolute atomic E-state index is 0.131. The van der Waals surface area contributed by atoms with Gasteiger partial charge in [0.05, 0.1) is 11.3 Å². The van der Waals surface area contributed by atoms with Crippen molar-refractivity contribution in [3.05, 3.63) is 53.5 Å². The molecule has 0 saturated heterocycles. The van der Waals surface area contributed by atoms with Gasteiger partial charge >= 0.3 is 0 Å². The van der Waals surface area contributed by atoms with Gasteiger partial charge in [0.1, 0.15) is 5.82 Å². The zero-order chi connectivity index (χ0) is 20.4. The monoisotopic (exact) mass is 387 g/mol. The molecule has 1 aliphatic heterocycles. The third-order valence-corrected chi connectivity index (χ3v) is 4.76. The molecule has 4 N–H and O–H groups in total. The smallest absolute Gasteiger partial charge is 0.231 e. The van der Waals surface area contributed by atoms with Crippen LogP contribution in [0.2, 0.25) is 0 Å². The van der Waals surface area contributed by atoms with E-state index in [1.165, 1.54) is 0 Å². The Hall–Kier alpha value is -3.79. The van der Waals surface area contributed by atoms with Crippen molar-refractivity contribution in [3.8, 4) is 34.5 Å². The molecule has 3 heterocycles. The van der Waals surface area contributed by atoms with Crippen molar-refractivity contribution in [2.75, 3.05) is 18.3 Å². The highest BCUT2D eigenvalue weighted by Gasteiger charge is 2.22. The zero-order valence-corrected chi connectivity index (χ0v) is 16.3. The average Bonchev–Trinajstić information content (AvgIpc) is 3.21. The molecule has 0 amide bonds. The second-order valence-corrected chi connectivity index (χ2v) is 6.67. The first-order valence-corrected chi connectivity index (χ1v) is 9.34. The summed E-state index contributed by atoms with van der Waals surface area (Å²) in [4.78, 5) is 12.4. The number of aryl methyl sites for hydroxylation is 1. The number of pyridine rings is 1. The van der Waals surface area contributed by atoms with Crippen LogP contribution in [0.5, 0.6) is 11.5 Å². The van der Waals surface area contributed by atoms with E-state index in [2.05, 4.69) is 32.9 Å². The zero-order valence-electron chi connectivity index (χ0n) is 16.3. The normalized spacial score (nSPS) is 12.9. The molecule has 0 radical (unpaired) electrons. The van der Waals surface area contributed by atoms with E-state index in [-0.39, 0.29) is 18.7 Å². The Morgan fingerprint density at radius 3 is 2.66 bits per heavy atom. The lowest BCUT2D eigenvalue weighted by Crippen LogP contribution is -2.07. The van der Waals surface area contributed by atoms with Crippen LogP contribution in [0.1, 0.15) is 36.6 Å². The number of rotatable bonds is 3. The quantitative estimate of drug-likeness (QED) is 0.664. The fraction of sp³-hybridized carbons (Fsp3) is 0.227. The van der Waals surface area contributed by atoms with E-state index in [0.29, 0.717) is 23.6 Å². The van der Waals surface area contributed by atoms with Gasteiger partial charge in [-0.25, -0.2) is 4.98 Å². The summed E-state index contributed by atoms with van der Waals surface area (Å²) in [5.41, 5.74) is 16.1. The van der Waals surface area contributed by atoms with Crippen LogP contribution in [0.3, 0.4) is 0 Å². The van der Waals surface area contributed by atoms with E-state index >= 15 is 0 Å². The Kier molecular flexibility index (Phi) is 4.92. The maximum Gasteiger partial charge on any atom is 0.231 e. The molecular weight excluding hydrogens is 366 g/mol. The van der Waals surface area contributed by atoms with Crippen molar-refractivity contribution in [2.45, 2.75) is 26.2 Å². The van der Waals surface area contributed by atoms with Crippen LogP contribution in [0, 0.1) is 11.8 Å². The summed E-state index contributed by atoms with van der Waals surface area (Å²) in [7, 11) is 0. The van der Waals surface area contributed by atoms with Crippen LogP contribution in [0.15, 0.2) is 36.7 Å². The number of aromatic nitrogens is 3. The maximum absolute atomic E-state index is 6.03. The van der Waals surface area contributed by atoms with Gasteiger partial charge in [0, 0.05) is 23.9 Å². The Morgan fingerprint density at radius 1 is 1.10 bits per heavy atom. The van der Waals surface area contributed by atoms with Gasteiger partial charge in [0.2, 0.25) is 12.7 Å². The number of nitrogens with zero attached hydrogens (tertiary/aromatic N) is 3. The minimum Gasteiger partial charge on any atom is -0.454 e. The standard InChI is InChI=1S/C22H21N5O2/c1-3-18-16(21(23)27-22(24)26-18)5-4-13(2)17-10-15(14-6-8-25-9-7-14)11-19-20(17)29-12-28-19/h6-11,13H,3,12H2,1-2H3,(H4,23,24,26,27)/t13-/m0/s1. The summed E-state index contributed by atoms with van der Waals surface area (Å²) in [6.07, 6.45) is 4.19. The molecule has 0 saturated carbocycles. The molecule has 0 bridgehead atoms. The number of ether oxygens (including phenoxy) is 2. The minimum atomic E-state index is -0.131. The molecule has 7 nitrogen and oxygen atoms in total. The molecule has 0 spiro atoms. The van der Waals surface area contributed by atoms with E-state index in [9.17, 15) is 0 Å². The van der Waals surface area contributed by atoms with Crippen molar-refractivity contribution in [2.24, 2.45) is 0 Å². The number of fused-ring (bicyclic) bond motifs is 1. The first-order chi connectivity index (χ1) is 14.1. The Balaban J connectivity index is 1.75. The molecule has 0 unspecified atom stereocenters. The van der Waals surface area contributed by atoms with Crippen LogP contribution < -0.4 is 20.9 Å². The van der Waals surface area contributed by atoms with E-state index in [0.717, 1.165) is 28.1 Å². The second-order valence-electron chi connectivity index (χ2n) is 6.67. The fourth-order valence-electron chi connectivity index (χ4n) is 3.27. The highest BCUT2D eigenvalue weighted by molar-refractivity contribution is 5.70. The molecule has 3 aromatic rings. The molecule has 29 heavy (non-hydrogen) atoms. The molecule has 2 aromatic heterocycles. The number of nitrogen functional groups attached to an aromatic ring is 2. The fourth-order valence-corrected chi connectivity index (χ4v) is 3.27. The second kappa shape index (κ2) is 7.68. The number of benzene rings is 1. The molecule has 146 valence electrons. The summed E-state index contributed by atoms with van der Waals surface area (Å²) in [6.45, 7) is 4.19. The topological polar surface area (TPSA) is 109 Å². The summed E-state index contributed by atoms with van der Waals surface area (Å²) < 4.78 is 11.4. The van der Waals surface area contributed by atoms with E-state index in [1.807, 2.05) is 32.0 Å². The predicted octanol–water partition coefficient (Wildman–Crippen LogP) is 3.15. The van der Waals surface area contributed by atoms with Gasteiger partial charge in [0.15, 0.2) is 11.5 Å². The van der Waals surface area contributed by atoms with Crippen molar-refractivity contribution in [1.29, 1.82) is 0 Å². The molecule has 0 fully saturated rings. The number of nitrogens with two attached hydrogens (primary N) is 2. The first-order valence-electron chi connectivity index (χ1n) is 9.34. The van der Waals surface area contributed by atoms with Gasteiger partial charge in [-0.2, -0.15) is 4.98 Å². The highest BCUT2D eigenvalue weighted by Crippen LogP contribution is 2.42. The van der Waals surface area contributed by atoms with E-state index in [1.54, 1.807) is 12.4 Å². The lowest BCUT2D eigenvalue weighted by molar-refractivity contribution is 0.173. The Morgan fingerprint density at radius 2 is 1.90 bits per heavy atom. The largest absolute Gasteiger partial charge is 0.454 e. The number of anilines is 2. The number of hydrogen-bond acceptors (Lipinski definition) is 7. The van der Waals surface area contributed by atoms with E-state index in [4.69, 9.17) is 20.9 Å². The number of hydrogen-bond donors (Lipinski definition) is 2. The van der Waals surface area contributed by atoms with Crippen molar-refractivity contribution < 1.29 is 9.47 Å². The lowest BCUT2D eigenvalue weighted by Gasteiger charge is -2.12. The Labute approximate surface area is 169 Å². The van der Waals surface area contributed by atoms with Crippen molar-refractivity contribution >= 4 is 11.8 Å². The van der Waals surface area contributed by atoms with Crippen LogP contribution in [0.25, 0.3) is 11.1 Å². The van der Waals surface area contributed by atoms with Gasteiger partial charge in [0.25, 0.3) is 0 Å². The van der Waals surface area contributed by atoms with Crippen molar-refractivity contribution in [1.82, 2.24) is 15.0 Å². The van der Waals surface area contributed by atoms with Gasteiger partial charge < -0.3 is 20.9 Å². The predicted molar refractivity (Wildman–Crippen MR) is 111 cm³/mol. The third kappa shape index (κ3) is 3.65. The van der Waals surface area contributed by atoms with Crippen molar-refractivity contribution in [3.63, 3.8) is 0 Å². The SMILES string of the molecule is CCc1nc(N)nc(N)c1C#C[C@H](C)c1cc(-c2ccncc2)cc2c1OCO2. The molecule has 1 atom stereocenters. The molecule has 4 rings (SSSR count). The molecule has 7 heteroatoms. The van der Waals surface area contributed by atoms with Crippen LogP contribution in [-0.2, 0) is 6.42 Å². The third-order valence-electron chi connectivity index (χ3n) is 4.76. The molecule has 0 aliphatic carbocycles. The van der Waals surface area contributed by atoms with Crippen LogP contribution in [0.4, 0.5) is 11.8 Å². The van der Waals surface area contributed by atoms with Gasteiger partial charge in [-0.05, 0) is 48.7 Å². The maximum atomic E-state index is 6.03. The highest BCUT2D eigenvalue weighted by atomic mass is 16.7. The molecular formula is C22H21N5O2. The average molecular weight is 387 g/mol. The van der Waals surface area contributed by atoms with Crippen LogP contribution >= 0.6 is 0 Å². The lowest BCUT2D eigenvalue weighted by atomic mass is 9.95. The first kappa shape index (κ1) is 18.6. The van der Waals surface area contributed by atoms with Crippen LogP contribution in [-0.4, -0.2) is 21.7 Å². The summed E-state index contributed by atoms with van der Waals surface area (Å²) in [5.74, 6) is 8.17. The summed E-state index contributed by atoms with van der Waals surface area (Å²) in [6, 6.07) is 7.96. The van der Waals surface area contributed by atoms with Gasteiger partial charge in [-0.1, -0.05) is 18.8 Å². The van der Waals surface area contributed by atoms with E-state index < -0.39 is 0 Å². The Bertz CT molecular complexity index is 1120. The molecule has 1 aromatic carbocycles. The van der Waals surface area contributed by atoms with Gasteiger partial charge in [-0.15, -0.1) is 0 Å². The summed E-state index contributed by atoms with van der Waals surface area (Å²) >= 11 is 0. The van der Waals surface area contributed by atoms with Gasteiger partial charge in [-0.3, -0.25) is 4.98 Å². The molecule has 1 aliphatic rings. The summed E-state index contributed by atoms with van der Waals surface area (Å²) in [5, 5.41) is 0.